The molecule has 4 nitrogen and oxygen atoms in total. The van der Waals surface area contributed by atoms with Gasteiger partial charge < -0.3 is 10.1 Å². The van der Waals surface area contributed by atoms with Gasteiger partial charge in [-0.05, 0) is 23.6 Å². The van der Waals surface area contributed by atoms with Crippen molar-refractivity contribution in [3.8, 4) is 16.3 Å². The molecule has 2 aromatic heterocycles. The molecule has 124 valence electrons. The zero-order valence-electron chi connectivity index (χ0n) is 12.7. The molecule has 0 aliphatic carbocycles. The highest BCUT2D eigenvalue weighted by Gasteiger charge is 2.09. The Morgan fingerprint density at radius 3 is 3.00 bits per heavy atom. The van der Waals surface area contributed by atoms with E-state index in [-0.39, 0.29) is 24.8 Å². The van der Waals surface area contributed by atoms with Gasteiger partial charge in [-0.2, -0.15) is 11.3 Å². The Bertz CT molecular complexity index is 803. The van der Waals surface area contributed by atoms with Crippen molar-refractivity contribution in [3.63, 3.8) is 0 Å². The lowest BCUT2D eigenvalue weighted by Gasteiger charge is -2.07. The van der Waals surface area contributed by atoms with E-state index in [1.165, 1.54) is 23.5 Å². The van der Waals surface area contributed by atoms with Gasteiger partial charge in [0, 0.05) is 22.4 Å². The summed E-state index contributed by atoms with van der Waals surface area (Å²) in [5, 5.41) is 9.63. The number of thiazole rings is 1. The molecule has 1 amide bonds. The number of thiophene rings is 1. The van der Waals surface area contributed by atoms with Gasteiger partial charge in [0.15, 0.2) is 0 Å². The van der Waals surface area contributed by atoms with E-state index in [2.05, 4.69) is 10.3 Å². The lowest BCUT2D eigenvalue weighted by Crippen LogP contribution is -2.29. The van der Waals surface area contributed by atoms with Gasteiger partial charge >= 0.3 is 0 Å². The van der Waals surface area contributed by atoms with E-state index in [4.69, 9.17) is 4.74 Å². The van der Waals surface area contributed by atoms with E-state index < -0.39 is 0 Å². The Morgan fingerprint density at radius 2 is 2.21 bits per heavy atom. The summed E-state index contributed by atoms with van der Waals surface area (Å²) in [4.78, 5) is 16.4. The molecule has 0 spiro atoms. The SMILES string of the molecule is O=C(Cc1csc(-c2ccsc2)n1)NCCOc1cccc(F)c1. The van der Waals surface area contributed by atoms with Gasteiger partial charge in [-0.15, -0.1) is 11.3 Å². The van der Waals surface area contributed by atoms with Crippen LogP contribution in [0.15, 0.2) is 46.5 Å². The highest BCUT2D eigenvalue weighted by Crippen LogP contribution is 2.25. The third-order valence-corrected chi connectivity index (χ3v) is 4.77. The van der Waals surface area contributed by atoms with E-state index in [1.54, 1.807) is 23.5 Å². The van der Waals surface area contributed by atoms with Crippen molar-refractivity contribution in [2.75, 3.05) is 13.2 Å². The van der Waals surface area contributed by atoms with Crippen molar-refractivity contribution in [2.24, 2.45) is 0 Å². The van der Waals surface area contributed by atoms with E-state index in [9.17, 15) is 9.18 Å². The largest absolute Gasteiger partial charge is 0.492 e. The van der Waals surface area contributed by atoms with Crippen molar-refractivity contribution in [1.29, 1.82) is 0 Å². The molecule has 0 unspecified atom stereocenters. The lowest BCUT2D eigenvalue weighted by atomic mass is 10.3. The smallest absolute Gasteiger partial charge is 0.226 e. The molecule has 0 atom stereocenters. The van der Waals surface area contributed by atoms with Crippen LogP contribution in [0.25, 0.3) is 10.6 Å². The Hall–Kier alpha value is -2.25. The number of halogens is 1. The molecule has 1 aromatic carbocycles. The second-order valence-electron chi connectivity index (χ2n) is 4.99. The van der Waals surface area contributed by atoms with Gasteiger partial charge in [0.25, 0.3) is 0 Å². The minimum absolute atomic E-state index is 0.111. The molecule has 7 heteroatoms. The number of benzene rings is 1. The number of aromatic nitrogens is 1. The van der Waals surface area contributed by atoms with Crippen LogP contribution in [0, 0.1) is 5.82 Å². The first kappa shape index (κ1) is 16.6. The number of nitrogens with zero attached hydrogens (tertiary/aromatic N) is 1. The summed E-state index contributed by atoms with van der Waals surface area (Å²) in [6.07, 6.45) is 0.237. The standard InChI is InChI=1S/C17H15FN2O2S2/c18-13-2-1-3-15(8-13)22-6-5-19-16(21)9-14-11-24-17(20-14)12-4-7-23-10-12/h1-4,7-8,10-11H,5-6,9H2,(H,19,21). The molecule has 24 heavy (non-hydrogen) atoms. The number of hydrogen-bond donors (Lipinski definition) is 1. The van der Waals surface area contributed by atoms with E-state index >= 15 is 0 Å². The van der Waals surface area contributed by atoms with E-state index in [1.807, 2.05) is 22.2 Å². The van der Waals surface area contributed by atoms with Crippen molar-refractivity contribution in [2.45, 2.75) is 6.42 Å². The first-order chi connectivity index (χ1) is 11.7. The zero-order chi connectivity index (χ0) is 16.8. The average Bonchev–Trinajstić information content (AvgIpc) is 3.23. The third kappa shape index (κ3) is 4.62. The Kier molecular flexibility index (Phi) is 5.55. The fourth-order valence-corrected chi connectivity index (χ4v) is 3.58. The maximum atomic E-state index is 13.0. The third-order valence-electron chi connectivity index (χ3n) is 3.15. The summed E-state index contributed by atoms with van der Waals surface area (Å²) in [6.45, 7) is 0.642. The van der Waals surface area contributed by atoms with Crippen molar-refractivity contribution in [3.05, 3.63) is 58.0 Å². The summed E-state index contributed by atoms with van der Waals surface area (Å²) in [5.41, 5.74) is 1.84. The molecule has 1 N–H and O–H groups in total. The predicted molar refractivity (Wildman–Crippen MR) is 94.0 cm³/mol. The zero-order valence-corrected chi connectivity index (χ0v) is 14.3. The maximum Gasteiger partial charge on any atom is 0.226 e. The molecule has 0 aliphatic rings. The van der Waals surface area contributed by atoms with Crippen LogP contribution < -0.4 is 10.1 Å². The number of rotatable bonds is 7. The van der Waals surface area contributed by atoms with Crippen molar-refractivity contribution >= 4 is 28.6 Å². The highest BCUT2D eigenvalue weighted by molar-refractivity contribution is 7.14. The molecule has 3 rings (SSSR count). The number of ether oxygens (including phenoxy) is 1. The summed E-state index contributed by atoms with van der Waals surface area (Å²) < 4.78 is 18.4. The normalized spacial score (nSPS) is 10.5. The maximum absolute atomic E-state index is 13.0. The van der Waals surface area contributed by atoms with Crippen LogP contribution in [0.3, 0.4) is 0 Å². The molecule has 3 aromatic rings. The fourth-order valence-electron chi connectivity index (χ4n) is 2.05. The summed E-state index contributed by atoms with van der Waals surface area (Å²) in [5.74, 6) is -0.00865. The lowest BCUT2D eigenvalue weighted by molar-refractivity contribution is -0.120. The van der Waals surface area contributed by atoms with Crippen LogP contribution in [0.2, 0.25) is 0 Å². The van der Waals surface area contributed by atoms with Crippen LogP contribution in [0.5, 0.6) is 5.75 Å². The topological polar surface area (TPSA) is 51.2 Å². The Balaban J connectivity index is 1.41. The fraction of sp³-hybridized carbons (Fsp3) is 0.176. The molecule has 0 radical (unpaired) electrons. The highest BCUT2D eigenvalue weighted by atomic mass is 32.1. The molecular formula is C17H15FN2O2S2. The van der Waals surface area contributed by atoms with Gasteiger partial charge in [0.05, 0.1) is 18.7 Å². The summed E-state index contributed by atoms with van der Waals surface area (Å²) in [7, 11) is 0. The van der Waals surface area contributed by atoms with Crippen LogP contribution in [0.1, 0.15) is 5.69 Å². The van der Waals surface area contributed by atoms with Gasteiger partial charge in [0.2, 0.25) is 5.91 Å². The second kappa shape index (κ2) is 8.03. The molecule has 0 fully saturated rings. The quantitative estimate of drug-likeness (QED) is 0.651. The van der Waals surface area contributed by atoms with Gasteiger partial charge in [-0.25, -0.2) is 9.37 Å². The predicted octanol–water partition coefficient (Wildman–Crippen LogP) is 3.75. The Morgan fingerprint density at radius 1 is 1.29 bits per heavy atom. The number of nitrogens with one attached hydrogen (secondary N) is 1. The molecule has 2 heterocycles. The molecule has 0 bridgehead atoms. The second-order valence-corrected chi connectivity index (χ2v) is 6.63. The van der Waals surface area contributed by atoms with Crippen LogP contribution >= 0.6 is 22.7 Å². The molecular weight excluding hydrogens is 347 g/mol. The number of hydrogen-bond acceptors (Lipinski definition) is 5. The number of carbonyl (C=O) groups is 1. The first-order valence-electron chi connectivity index (χ1n) is 7.33. The molecule has 0 saturated heterocycles. The molecule has 0 saturated carbocycles. The van der Waals surface area contributed by atoms with Crippen LogP contribution in [-0.4, -0.2) is 24.0 Å². The number of carbonyl (C=O) groups excluding carboxylic acids is 1. The minimum atomic E-state index is -0.346. The monoisotopic (exact) mass is 362 g/mol. The van der Waals surface area contributed by atoms with Crippen LogP contribution in [0.4, 0.5) is 4.39 Å². The van der Waals surface area contributed by atoms with Gasteiger partial charge in [0.1, 0.15) is 23.2 Å². The number of amides is 1. The van der Waals surface area contributed by atoms with E-state index in [0.29, 0.717) is 12.3 Å². The minimum Gasteiger partial charge on any atom is -0.492 e. The molecule has 0 aliphatic heterocycles. The summed E-state index contributed by atoms with van der Waals surface area (Å²) >= 11 is 3.15. The van der Waals surface area contributed by atoms with Crippen molar-refractivity contribution < 1.29 is 13.9 Å². The first-order valence-corrected chi connectivity index (χ1v) is 9.15. The van der Waals surface area contributed by atoms with E-state index in [0.717, 1.165) is 16.3 Å². The van der Waals surface area contributed by atoms with Crippen LogP contribution in [-0.2, 0) is 11.2 Å². The Labute approximate surface area is 146 Å². The van der Waals surface area contributed by atoms with Gasteiger partial charge in [-0.1, -0.05) is 6.07 Å². The summed E-state index contributed by atoms with van der Waals surface area (Å²) in [6, 6.07) is 7.93. The van der Waals surface area contributed by atoms with Crippen molar-refractivity contribution in [1.82, 2.24) is 10.3 Å². The average molecular weight is 362 g/mol. The van der Waals surface area contributed by atoms with Gasteiger partial charge in [-0.3, -0.25) is 4.79 Å².